The molecule has 4 aromatic rings. The zero-order valence-corrected chi connectivity index (χ0v) is 16.2. The van der Waals surface area contributed by atoms with E-state index in [2.05, 4.69) is 26.7 Å². The van der Waals surface area contributed by atoms with Gasteiger partial charge in [0.15, 0.2) is 0 Å². The zero-order valence-electron chi connectivity index (χ0n) is 15.4. The van der Waals surface area contributed by atoms with Crippen LogP contribution in [0, 0.1) is 0 Å². The number of rotatable bonds is 5. The Hall–Kier alpha value is -3.58. The van der Waals surface area contributed by atoms with E-state index >= 15 is 0 Å². The third kappa shape index (κ3) is 3.25. The molecule has 0 saturated heterocycles. The highest BCUT2D eigenvalue weighted by atomic mass is 32.1. The standard InChI is InChI=1S/C22H18N4O2S/c27-20-16(10-14-4-3-8-23-14)17-11-19(29-22(17)26-20)21(28)24-9-7-13-12-25-18-6-2-1-5-15(13)18/h1-6,8,10-12,23,25H,7,9H2,(H,24,28)(H,26,27)/b16-10-. The molecule has 0 unspecified atom stereocenters. The molecule has 4 heterocycles. The van der Waals surface area contributed by atoms with E-state index in [1.165, 1.54) is 22.3 Å². The van der Waals surface area contributed by atoms with Crippen molar-refractivity contribution in [1.29, 1.82) is 0 Å². The van der Waals surface area contributed by atoms with Crippen LogP contribution >= 0.6 is 11.3 Å². The van der Waals surface area contributed by atoms with E-state index in [9.17, 15) is 9.59 Å². The molecular formula is C22H18N4O2S. The summed E-state index contributed by atoms with van der Waals surface area (Å²) in [5, 5.41) is 7.73. The van der Waals surface area contributed by atoms with E-state index in [0.717, 1.165) is 28.2 Å². The maximum atomic E-state index is 12.6. The monoisotopic (exact) mass is 402 g/mol. The Balaban J connectivity index is 1.28. The third-order valence-electron chi connectivity index (χ3n) is 4.99. The molecule has 0 spiro atoms. The van der Waals surface area contributed by atoms with Crippen LogP contribution in [-0.2, 0) is 11.2 Å². The average Bonchev–Trinajstić information content (AvgIpc) is 3.49. The highest BCUT2D eigenvalue weighted by Crippen LogP contribution is 2.39. The molecule has 3 aromatic heterocycles. The highest BCUT2D eigenvalue weighted by Gasteiger charge is 2.28. The Bertz CT molecular complexity index is 1250. The molecule has 0 atom stereocenters. The fraction of sp³-hybridized carbons (Fsp3) is 0.0909. The number of amides is 2. The number of aromatic nitrogens is 2. The molecule has 0 aliphatic carbocycles. The first kappa shape index (κ1) is 17.5. The van der Waals surface area contributed by atoms with Crippen molar-refractivity contribution in [3.63, 3.8) is 0 Å². The summed E-state index contributed by atoms with van der Waals surface area (Å²) in [5.41, 5.74) is 4.46. The smallest absolute Gasteiger partial charge is 0.261 e. The molecule has 0 bridgehead atoms. The number of benzene rings is 1. The van der Waals surface area contributed by atoms with Gasteiger partial charge in [-0.05, 0) is 42.3 Å². The van der Waals surface area contributed by atoms with Crippen LogP contribution in [0.2, 0.25) is 0 Å². The van der Waals surface area contributed by atoms with Gasteiger partial charge in [0, 0.05) is 41.1 Å². The van der Waals surface area contributed by atoms with E-state index in [4.69, 9.17) is 0 Å². The predicted molar refractivity (Wildman–Crippen MR) is 116 cm³/mol. The molecule has 2 amide bonds. The minimum Gasteiger partial charge on any atom is -0.362 e. The van der Waals surface area contributed by atoms with Crippen LogP contribution in [0.1, 0.15) is 26.5 Å². The number of nitrogens with one attached hydrogen (secondary N) is 4. The number of anilines is 1. The van der Waals surface area contributed by atoms with Gasteiger partial charge in [-0.1, -0.05) is 18.2 Å². The quantitative estimate of drug-likeness (QED) is 0.380. The number of fused-ring (bicyclic) bond motifs is 2. The van der Waals surface area contributed by atoms with Gasteiger partial charge >= 0.3 is 0 Å². The lowest BCUT2D eigenvalue weighted by atomic mass is 10.1. The molecular weight excluding hydrogens is 384 g/mol. The SMILES string of the molecule is O=C1Nc2sc(C(=O)NCCc3c[nH]c4ccccc34)cc2/C1=C/c1ccc[nH]1. The van der Waals surface area contributed by atoms with E-state index in [0.29, 0.717) is 17.0 Å². The Morgan fingerprint density at radius 1 is 1.14 bits per heavy atom. The van der Waals surface area contributed by atoms with Crippen molar-refractivity contribution in [1.82, 2.24) is 15.3 Å². The summed E-state index contributed by atoms with van der Waals surface area (Å²) in [4.78, 5) is 31.7. The summed E-state index contributed by atoms with van der Waals surface area (Å²) in [6, 6.07) is 13.7. The first-order chi connectivity index (χ1) is 14.2. The number of carbonyl (C=O) groups is 2. The molecule has 4 N–H and O–H groups in total. The summed E-state index contributed by atoms with van der Waals surface area (Å²) in [6.07, 6.45) is 6.34. The molecule has 1 aliphatic heterocycles. The highest BCUT2D eigenvalue weighted by molar-refractivity contribution is 7.18. The van der Waals surface area contributed by atoms with Crippen LogP contribution in [-0.4, -0.2) is 28.3 Å². The summed E-state index contributed by atoms with van der Waals surface area (Å²) in [7, 11) is 0. The minimum absolute atomic E-state index is 0.127. The molecule has 0 saturated carbocycles. The molecule has 0 radical (unpaired) electrons. The number of carbonyl (C=O) groups excluding carboxylic acids is 2. The lowest BCUT2D eigenvalue weighted by molar-refractivity contribution is -0.110. The van der Waals surface area contributed by atoms with Crippen molar-refractivity contribution in [3.8, 4) is 0 Å². The number of aromatic amines is 2. The zero-order chi connectivity index (χ0) is 19.8. The molecule has 1 aromatic carbocycles. The van der Waals surface area contributed by atoms with E-state index in [1.54, 1.807) is 18.3 Å². The van der Waals surface area contributed by atoms with Gasteiger partial charge in [0.05, 0.1) is 10.5 Å². The molecule has 0 fully saturated rings. The fourth-order valence-electron chi connectivity index (χ4n) is 3.56. The van der Waals surface area contributed by atoms with Gasteiger partial charge in [0.25, 0.3) is 11.8 Å². The molecule has 144 valence electrons. The van der Waals surface area contributed by atoms with Crippen LogP contribution in [0.3, 0.4) is 0 Å². The minimum atomic E-state index is -0.146. The van der Waals surface area contributed by atoms with Crippen LogP contribution < -0.4 is 10.6 Å². The van der Waals surface area contributed by atoms with E-state index < -0.39 is 0 Å². The largest absolute Gasteiger partial charge is 0.362 e. The lowest BCUT2D eigenvalue weighted by Crippen LogP contribution is -2.24. The van der Waals surface area contributed by atoms with Gasteiger partial charge < -0.3 is 20.6 Å². The number of para-hydroxylation sites is 1. The Kier molecular flexibility index (Phi) is 4.29. The first-order valence-corrected chi connectivity index (χ1v) is 10.1. The van der Waals surface area contributed by atoms with Crippen molar-refractivity contribution < 1.29 is 9.59 Å². The van der Waals surface area contributed by atoms with Crippen molar-refractivity contribution >= 4 is 50.7 Å². The second-order valence-corrected chi connectivity index (χ2v) is 7.91. The van der Waals surface area contributed by atoms with E-state index in [-0.39, 0.29) is 11.8 Å². The number of hydrogen-bond acceptors (Lipinski definition) is 3. The molecule has 7 heteroatoms. The number of hydrogen-bond donors (Lipinski definition) is 4. The summed E-state index contributed by atoms with van der Waals surface area (Å²) < 4.78 is 0. The molecule has 1 aliphatic rings. The van der Waals surface area contributed by atoms with Crippen LogP contribution in [0.4, 0.5) is 5.00 Å². The molecule has 29 heavy (non-hydrogen) atoms. The van der Waals surface area contributed by atoms with Gasteiger partial charge in [0.2, 0.25) is 0 Å². The predicted octanol–water partition coefficient (Wildman–Crippen LogP) is 4.02. The number of H-pyrrole nitrogens is 2. The van der Waals surface area contributed by atoms with Crippen LogP contribution in [0.5, 0.6) is 0 Å². The van der Waals surface area contributed by atoms with Crippen molar-refractivity contribution in [3.05, 3.63) is 76.6 Å². The van der Waals surface area contributed by atoms with Gasteiger partial charge in [-0.3, -0.25) is 9.59 Å². The maximum Gasteiger partial charge on any atom is 0.261 e. The summed E-state index contributed by atoms with van der Waals surface area (Å²) in [6.45, 7) is 0.542. The fourth-order valence-corrected chi connectivity index (χ4v) is 4.54. The normalized spacial score (nSPS) is 14.3. The molecule has 6 nitrogen and oxygen atoms in total. The summed E-state index contributed by atoms with van der Waals surface area (Å²) >= 11 is 1.30. The van der Waals surface area contributed by atoms with Crippen LogP contribution in [0.25, 0.3) is 22.6 Å². The average molecular weight is 402 g/mol. The second kappa shape index (κ2) is 7.10. The van der Waals surface area contributed by atoms with Gasteiger partial charge in [-0.15, -0.1) is 11.3 Å². The summed E-state index contributed by atoms with van der Waals surface area (Å²) in [5.74, 6) is -0.273. The van der Waals surface area contributed by atoms with E-state index in [1.807, 2.05) is 36.5 Å². The lowest BCUT2D eigenvalue weighted by Gasteiger charge is -2.03. The molecule has 5 rings (SSSR count). The van der Waals surface area contributed by atoms with Gasteiger partial charge in [-0.25, -0.2) is 0 Å². The van der Waals surface area contributed by atoms with Crippen LogP contribution in [0.15, 0.2) is 54.9 Å². The van der Waals surface area contributed by atoms with Gasteiger partial charge in [0.1, 0.15) is 5.00 Å². The second-order valence-electron chi connectivity index (χ2n) is 6.86. The first-order valence-electron chi connectivity index (χ1n) is 9.33. The Morgan fingerprint density at radius 2 is 2.03 bits per heavy atom. The Labute approximate surface area is 170 Å². The Morgan fingerprint density at radius 3 is 2.90 bits per heavy atom. The third-order valence-corrected chi connectivity index (χ3v) is 6.04. The van der Waals surface area contributed by atoms with Crippen molar-refractivity contribution in [2.75, 3.05) is 11.9 Å². The topological polar surface area (TPSA) is 89.8 Å². The van der Waals surface area contributed by atoms with Crippen molar-refractivity contribution in [2.45, 2.75) is 6.42 Å². The maximum absolute atomic E-state index is 12.6. The van der Waals surface area contributed by atoms with Crippen molar-refractivity contribution in [2.24, 2.45) is 0 Å². The number of thiophene rings is 1. The van der Waals surface area contributed by atoms with Gasteiger partial charge in [-0.2, -0.15) is 0 Å².